The molecule has 0 bridgehead atoms. The van der Waals surface area contributed by atoms with Crippen molar-refractivity contribution in [2.24, 2.45) is 15.6 Å². The van der Waals surface area contributed by atoms with Crippen molar-refractivity contribution in [2.75, 3.05) is 5.32 Å². The highest BCUT2D eigenvalue weighted by Crippen LogP contribution is 2.36. The molecule has 0 atom stereocenters. The minimum absolute atomic E-state index is 0.0317. The number of nitrogens with zero attached hydrogens (tertiary/aromatic N) is 2. The predicted molar refractivity (Wildman–Crippen MR) is 134 cm³/mol. The van der Waals surface area contributed by atoms with Crippen LogP contribution in [0.15, 0.2) is 83.0 Å². The number of anilines is 1. The quantitative estimate of drug-likeness (QED) is 0.288. The van der Waals surface area contributed by atoms with Crippen molar-refractivity contribution in [3.63, 3.8) is 0 Å². The highest BCUT2D eigenvalue weighted by molar-refractivity contribution is 6.46. The van der Waals surface area contributed by atoms with Gasteiger partial charge in [0, 0.05) is 16.5 Å². The van der Waals surface area contributed by atoms with E-state index in [0.717, 1.165) is 22.3 Å². The number of rotatable bonds is 5. The number of ketones is 1. The molecule has 3 aromatic carbocycles. The Morgan fingerprint density at radius 2 is 1.33 bits per heavy atom. The average Bonchev–Trinajstić information content (AvgIpc) is 3.11. The lowest BCUT2D eigenvalue weighted by molar-refractivity contribution is -0.125. The fraction of sp³-hybridized carbons (Fsp3) is 0.185. The van der Waals surface area contributed by atoms with Gasteiger partial charge in [-0.3, -0.25) is 9.59 Å². The topological polar surface area (TPSA) is 70.9 Å². The van der Waals surface area contributed by atoms with Crippen LogP contribution in [-0.4, -0.2) is 23.1 Å². The Balaban J connectivity index is 1.75. The number of hydrogen-bond donors (Lipinski definition) is 1. The second-order valence-electron chi connectivity index (χ2n) is 8.87. The zero-order valence-electron chi connectivity index (χ0n) is 18.7. The van der Waals surface area contributed by atoms with Gasteiger partial charge in [-0.05, 0) is 23.3 Å². The van der Waals surface area contributed by atoms with Gasteiger partial charge < -0.3 is 5.32 Å². The maximum atomic E-state index is 13.1. The second-order valence-corrected chi connectivity index (χ2v) is 9.28. The van der Waals surface area contributed by atoms with E-state index in [-0.39, 0.29) is 17.9 Å². The molecule has 1 amide bonds. The predicted octanol–water partition coefficient (Wildman–Crippen LogP) is 6.16. The number of fused-ring (bicyclic) bond motifs is 3. The van der Waals surface area contributed by atoms with Crippen molar-refractivity contribution in [3.8, 4) is 11.1 Å². The normalized spacial score (nSPS) is 12.7. The fourth-order valence-corrected chi connectivity index (χ4v) is 3.73. The molecule has 5 nitrogen and oxygen atoms in total. The van der Waals surface area contributed by atoms with Gasteiger partial charge in [0.1, 0.15) is 17.2 Å². The Bertz CT molecular complexity index is 1250. The number of amides is 1. The first kappa shape index (κ1) is 22.6. The molecule has 0 fully saturated rings. The molecule has 0 aliphatic heterocycles. The number of para-hydroxylation sites is 1. The number of halogens is 1. The van der Waals surface area contributed by atoms with E-state index >= 15 is 0 Å². The van der Waals surface area contributed by atoms with Crippen LogP contribution in [0.3, 0.4) is 0 Å². The molecule has 6 heteroatoms. The first-order valence-corrected chi connectivity index (χ1v) is 11.1. The standard InChI is InChI=1S/C27H24ClN3O2/c1-27(2,3)24(32)16-23(26(33)29-22-15-9-8-14-21(22)28)30-31-25-19-12-6-4-10-17(19)18-11-5-7-13-20(18)25/h4-15H,16H2,1-3H3,(H,29,33). The van der Waals surface area contributed by atoms with Gasteiger partial charge >= 0.3 is 0 Å². The van der Waals surface area contributed by atoms with Crippen molar-refractivity contribution >= 4 is 40.4 Å². The van der Waals surface area contributed by atoms with Crippen LogP contribution < -0.4 is 5.32 Å². The Morgan fingerprint density at radius 3 is 1.88 bits per heavy atom. The molecule has 33 heavy (non-hydrogen) atoms. The summed E-state index contributed by atoms with van der Waals surface area (Å²) < 4.78 is 0. The molecular weight excluding hydrogens is 434 g/mol. The van der Waals surface area contributed by atoms with Gasteiger partial charge in [0.2, 0.25) is 0 Å². The Kier molecular flexibility index (Phi) is 6.25. The van der Waals surface area contributed by atoms with E-state index < -0.39 is 11.3 Å². The lowest BCUT2D eigenvalue weighted by Crippen LogP contribution is -2.30. The largest absolute Gasteiger partial charge is 0.320 e. The number of nitrogens with one attached hydrogen (secondary N) is 1. The molecule has 0 heterocycles. The monoisotopic (exact) mass is 457 g/mol. The van der Waals surface area contributed by atoms with Gasteiger partial charge in [-0.2, -0.15) is 0 Å². The summed E-state index contributed by atoms with van der Waals surface area (Å²) in [5.74, 6) is -0.618. The van der Waals surface area contributed by atoms with E-state index in [1.807, 2.05) is 69.3 Å². The number of hydrogen-bond acceptors (Lipinski definition) is 4. The molecule has 0 unspecified atom stereocenters. The zero-order chi connectivity index (χ0) is 23.6. The number of Topliss-reactive ketones (excluding diaryl/α,β-unsaturated/α-hetero) is 1. The van der Waals surface area contributed by atoms with E-state index in [9.17, 15) is 9.59 Å². The van der Waals surface area contributed by atoms with Crippen molar-refractivity contribution in [1.82, 2.24) is 0 Å². The van der Waals surface area contributed by atoms with Crippen LogP contribution in [0.4, 0.5) is 5.69 Å². The van der Waals surface area contributed by atoms with E-state index in [1.54, 1.807) is 24.3 Å². The van der Waals surface area contributed by atoms with Crippen molar-refractivity contribution in [3.05, 3.63) is 88.9 Å². The van der Waals surface area contributed by atoms with E-state index in [1.165, 1.54) is 0 Å². The molecule has 3 aromatic rings. The van der Waals surface area contributed by atoms with Crippen molar-refractivity contribution in [1.29, 1.82) is 0 Å². The van der Waals surface area contributed by atoms with Crippen LogP contribution in [0.5, 0.6) is 0 Å². The summed E-state index contributed by atoms with van der Waals surface area (Å²) in [6, 6.07) is 22.8. The number of carbonyl (C=O) groups excluding carboxylic acids is 2. The second kappa shape index (κ2) is 9.12. The zero-order valence-corrected chi connectivity index (χ0v) is 19.5. The van der Waals surface area contributed by atoms with Gasteiger partial charge in [-0.25, -0.2) is 0 Å². The smallest absolute Gasteiger partial charge is 0.272 e. The van der Waals surface area contributed by atoms with Crippen molar-refractivity contribution < 1.29 is 9.59 Å². The summed E-state index contributed by atoms with van der Waals surface area (Å²) in [4.78, 5) is 25.9. The van der Waals surface area contributed by atoms with E-state index in [4.69, 9.17) is 11.6 Å². The number of benzene rings is 3. The molecule has 1 aliphatic carbocycles. The minimum atomic E-state index is -0.620. The molecule has 0 radical (unpaired) electrons. The highest BCUT2D eigenvalue weighted by atomic mass is 35.5. The van der Waals surface area contributed by atoms with Crippen LogP contribution in [0.1, 0.15) is 38.3 Å². The average molecular weight is 458 g/mol. The van der Waals surface area contributed by atoms with Gasteiger partial charge in [-0.1, -0.05) is 93.0 Å². The van der Waals surface area contributed by atoms with E-state index in [2.05, 4.69) is 15.5 Å². The molecule has 1 aliphatic rings. The van der Waals surface area contributed by atoms with Crippen LogP contribution >= 0.6 is 11.6 Å². The summed E-state index contributed by atoms with van der Waals surface area (Å²) >= 11 is 6.20. The summed E-state index contributed by atoms with van der Waals surface area (Å²) in [6.45, 7) is 5.44. The van der Waals surface area contributed by atoms with Gasteiger partial charge in [0.15, 0.2) is 0 Å². The maximum Gasteiger partial charge on any atom is 0.272 e. The Labute approximate surface area is 198 Å². The van der Waals surface area contributed by atoms with Gasteiger partial charge in [0.25, 0.3) is 5.91 Å². The summed E-state index contributed by atoms with van der Waals surface area (Å²) in [7, 11) is 0. The van der Waals surface area contributed by atoms with Gasteiger partial charge in [-0.15, -0.1) is 10.2 Å². The number of carbonyl (C=O) groups is 2. The third-order valence-corrected chi connectivity index (χ3v) is 5.80. The molecule has 0 aromatic heterocycles. The molecule has 1 N–H and O–H groups in total. The van der Waals surface area contributed by atoms with Crippen molar-refractivity contribution in [2.45, 2.75) is 27.2 Å². The molecule has 0 spiro atoms. The SMILES string of the molecule is CC(C)(C)C(=O)CC(=NN=C1c2ccccc2-c2ccccc21)C(=O)Nc1ccccc1Cl. The minimum Gasteiger partial charge on any atom is -0.320 e. The molecule has 0 saturated heterocycles. The van der Waals surface area contributed by atoms with Gasteiger partial charge in [0.05, 0.1) is 17.1 Å². The third-order valence-electron chi connectivity index (χ3n) is 5.47. The lowest BCUT2D eigenvalue weighted by Gasteiger charge is -2.17. The van der Waals surface area contributed by atoms with Crippen LogP contribution in [0.25, 0.3) is 11.1 Å². The first-order chi connectivity index (χ1) is 15.8. The molecule has 0 saturated carbocycles. The Hall–Kier alpha value is -3.57. The Morgan fingerprint density at radius 1 is 0.818 bits per heavy atom. The third kappa shape index (κ3) is 4.78. The highest BCUT2D eigenvalue weighted by Gasteiger charge is 2.27. The summed E-state index contributed by atoms with van der Waals surface area (Å²) in [5.41, 5.74) is 4.54. The summed E-state index contributed by atoms with van der Waals surface area (Å²) in [5, 5.41) is 12.0. The van der Waals surface area contributed by atoms with Crippen LogP contribution in [-0.2, 0) is 9.59 Å². The molecule has 4 rings (SSSR count). The van der Waals surface area contributed by atoms with E-state index in [0.29, 0.717) is 16.4 Å². The first-order valence-electron chi connectivity index (χ1n) is 10.7. The molecule has 166 valence electrons. The van der Waals surface area contributed by atoms with Crippen LogP contribution in [0.2, 0.25) is 5.02 Å². The maximum absolute atomic E-state index is 13.1. The molecular formula is C27H24ClN3O2. The lowest BCUT2D eigenvalue weighted by atomic mass is 9.87. The van der Waals surface area contributed by atoms with Crippen LogP contribution in [0, 0.1) is 5.41 Å². The summed E-state index contributed by atoms with van der Waals surface area (Å²) in [6.07, 6.45) is -0.139. The fourth-order valence-electron chi connectivity index (χ4n) is 3.55.